The quantitative estimate of drug-likeness (QED) is 0.850. The summed E-state index contributed by atoms with van der Waals surface area (Å²) < 4.78 is 5.35. The minimum absolute atomic E-state index is 0.305. The Hall–Kier alpha value is -2.63. The number of aryl methyl sites for hydroxylation is 1. The predicted octanol–water partition coefficient (Wildman–Crippen LogP) is 2.11. The normalized spacial score (nSPS) is 14.8. The van der Waals surface area contributed by atoms with Crippen molar-refractivity contribution in [2.24, 2.45) is 0 Å². The molecule has 1 saturated heterocycles. The van der Waals surface area contributed by atoms with Crippen LogP contribution < -0.4 is 9.64 Å². The average molecular weight is 298 g/mol. The lowest BCUT2D eigenvalue weighted by atomic mass is 10.3. The van der Waals surface area contributed by atoms with E-state index in [1.165, 1.54) is 0 Å². The second-order valence-electron chi connectivity index (χ2n) is 5.19. The third kappa shape index (κ3) is 3.33. The molecule has 2 aromatic rings. The van der Waals surface area contributed by atoms with Gasteiger partial charge in [0.1, 0.15) is 5.75 Å². The van der Waals surface area contributed by atoms with Crippen molar-refractivity contribution in [2.45, 2.75) is 6.92 Å². The topological polar surface area (TPSA) is 58.6 Å². The van der Waals surface area contributed by atoms with Gasteiger partial charge in [-0.25, -0.2) is 4.79 Å². The minimum Gasteiger partial charge on any atom is -0.410 e. The van der Waals surface area contributed by atoms with E-state index in [0.717, 1.165) is 24.6 Å². The first-order valence-corrected chi connectivity index (χ1v) is 7.29. The molecule has 3 rings (SSSR count). The molecule has 2 heterocycles. The van der Waals surface area contributed by atoms with E-state index < -0.39 is 0 Å². The first-order chi connectivity index (χ1) is 10.7. The number of ether oxygens (including phenoxy) is 1. The van der Waals surface area contributed by atoms with Gasteiger partial charge in [-0.3, -0.25) is 0 Å². The van der Waals surface area contributed by atoms with Crippen molar-refractivity contribution >= 4 is 11.9 Å². The number of piperazine rings is 1. The summed E-state index contributed by atoms with van der Waals surface area (Å²) in [6.45, 7) is 4.58. The second-order valence-corrected chi connectivity index (χ2v) is 5.19. The Morgan fingerprint density at radius 2 is 1.73 bits per heavy atom. The van der Waals surface area contributed by atoms with Crippen LogP contribution in [-0.2, 0) is 0 Å². The van der Waals surface area contributed by atoms with Gasteiger partial charge in [-0.15, -0.1) is 5.10 Å². The van der Waals surface area contributed by atoms with Gasteiger partial charge < -0.3 is 14.5 Å². The zero-order chi connectivity index (χ0) is 15.4. The summed E-state index contributed by atoms with van der Waals surface area (Å²) in [6, 6.07) is 13.0. The maximum absolute atomic E-state index is 12.1. The zero-order valence-corrected chi connectivity index (χ0v) is 12.5. The van der Waals surface area contributed by atoms with Crippen LogP contribution in [0.2, 0.25) is 0 Å². The van der Waals surface area contributed by atoms with Crippen LogP contribution in [0.3, 0.4) is 0 Å². The number of para-hydroxylation sites is 1. The summed E-state index contributed by atoms with van der Waals surface area (Å²) in [7, 11) is 0. The van der Waals surface area contributed by atoms with E-state index >= 15 is 0 Å². The lowest BCUT2D eigenvalue weighted by Crippen LogP contribution is -2.49. The fraction of sp³-hybridized carbons (Fsp3) is 0.312. The van der Waals surface area contributed by atoms with Gasteiger partial charge in [0, 0.05) is 26.2 Å². The van der Waals surface area contributed by atoms with Crippen molar-refractivity contribution in [3.63, 3.8) is 0 Å². The van der Waals surface area contributed by atoms with Gasteiger partial charge in [-0.05, 0) is 31.2 Å². The second kappa shape index (κ2) is 6.43. The molecular formula is C16H18N4O2. The molecule has 0 spiro atoms. The molecule has 0 saturated carbocycles. The molecule has 1 aromatic heterocycles. The van der Waals surface area contributed by atoms with Crippen LogP contribution in [-0.4, -0.2) is 47.4 Å². The molecule has 0 N–H and O–H groups in total. The molecule has 1 aliphatic heterocycles. The summed E-state index contributed by atoms with van der Waals surface area (Å²) in [6.07, 6.45) is -0.305. The largest absolute Gasteiger partial charge is 0.415 e. The standard InChI is InChI=1S/C16H18N4O2/c1-13-7-8-15(18-17-13)19-9-11-20(12-10-19)16(21)22-14-5-3-2-4-6-14/h2-8H,9-12H2,1H3. The third-order valence-corrected chi connectivity index (χ3v) is 3.59. The van der Waals surface area contributed by atoms with Gasteiger partial charge in [0.2, 0.25) is 0 Å². The highest BCUT2D eigenvalue weighted by molar-refractivity contribution is 5.71. The number of aromatic nitrogens is 2. The first-order valence-electron chi connectivity index (χ1n) is 7.29. The molecule has 6 heteroatoms. The number of rotatable bonds is 2. The Bertz CT molecular complexity index is 622. The summed E-state index contributed by atoms with van der Waals surface area (Å²) >= 11 is 0. The molecule has 1 aromatic carbocycles. The predicted molar refractivity (Wildman–Crippen MR) is 83.0 cm³/mol. The third-order valence-electron chi connectivity index (χ3n) is 3.59. The molecule has 1 aliphatic rings. The molecule has 0 atom stereocenters. The molecular weight excluding hydrogens is 280 g/mol. The SMILES string of the molecule is Cc1ccc(N2CCN(C(=O)Oc3ccccc3)CC2)nn1. The summed E-state index contributed by atoms with van der Waals surface area (Å²) in [5, 5.41) is 8.25. The smallest absolute Gasteiger partial charge is 0.410 e. The van der Waals surface area contributed by atoms with Gasteiger partial charge in [0.15, 0.2) is 5.82 Å². The number of hydrogen-bond acceptors (Lipinski definition) is 5. The fourth-order valence-corrected chi connectivity index (χ4v) is 2.33. The molecule has 1 fully saturated rings. The first kappa shape index (κ1) is 14.3. The van der Waals surface area contributed by atoms with Crippen molar-refractivity contribution in [3.05, 3.63) is 48.2 Å². The molecule has 0 unspecified atom stereocenters. The number of carbonyl (C=O) groups is 1. The van der Waals surface area contributed by atoms with Gasteiger partial charge in [-0.2, -0.15) is 5.10 Å². The number of hydrogen-bond donors (Lipinski definition) is 0. The van der Waals surface area contributed by atoms with Gasteiger partial charge in [0.25, 0.3) is 0 Å². The van der Waals surface area contributed by atoms with E-state index in [1.54, 1.807) is 17.0 Å². The Morgan fingerprint density at radius 3 is 2.36 bits per heavy atom. The van der Waals surface area contributed by atoms with Crippen LogP contribution in [0.15, 0.2) is 42.5 Å². The van der Waals surface area contributed by atoms with Crippen LogP contribution in [0.1, 0.15) is 5.69 Å². The number of nitrogens with zero attached hydrogens (tertiary/aromatic N) is 4. The Morgan fingerprint density at radius 1 is 1.00 bits per heavy atom. The van der Waals surface area contributed by atoms with Crippen LogP contribution >= 0.6 is 0 Å². The van der Waals surface area contributed by atoms with Crippen molar-refractivity contribution in [3.8, 4) is 5.75 Å². The molecule has 6 nitrogen and oxygen atoms in total. The molecule has 22 heavy (non-hydrogen) atoms. The monoisotopic (exact) mass is 298 g/mol. The summed E-state index contributed by atoms with van der Waals surface area (Å²) in [4.78, 5) is 15.9. The zero-order valence-electron chi connectivity index (χ0n) is 12.5. The maximum atomic E-state index is 12.1. The number of anilines is 1. The van der Waals surface area contributed by atoms with E-state index in [0.29, 0.717) is 18.8 Å². The van der Waals surface area contributed by atoms with Crippen molar-refractivity contribution < 1.29 is 9.53 Å². The Balaban J connectivity index is 1.55. The Kier molecular flexibility index (Phi) is 4.18. The van der Waals surface area contributed by atoms with E-state index in [9.17, 15) is 4.79 Å². The highest BCUT2D eigenvalue weighted by Crippen LogP contribution is 2.15. The van der Waals surface area contributed by atoms with E-state index in [4.69, 9.17) is 4.74 Å². The van der Waals surface area contributed by atoms with Crippen LogP contribution in [0.5, 0.6) is 5.75 Å². The van der Waals surface area contributed by atoms with Crippen molar-refractivity contribution in [1.29, 1.82) is 0 Å². The molecule has 114 valence electrons. The summed E-state index contributed by atoms with van der Waals surface area (Å²) in [5.41, 5.74) is 0.897. The Labute approximate surface area is 129 Å². The number of carbonyl (C=O) groups excluding carboxylic acids is 1. The molecule has 0 bridgehead atoms. The van der Waals surface area contributed by atoms with Crippen LogP contribution in [0.4, 0.5) is 10.6 Å². The van der Waals surface area contributed by atoms with Gasteiger partial charge in [-0.1, -0.05) is 18.2 Å². The van der Waals surface area contributed by atoms with Gasteiger partial charge >= 0.3 is 6.09 Å². The molecule has 1 amide bonds. The van der Waals surface area contributed by atoms with Gasteiger partial charge in [0.05, 0.1) is 5.69 Å². The highest BCUT2D eigenvalue weighted by atomic mass is 16.6. The molecule has 0 aliphatic carbocycles. The van der Waals surface area contributed by atoms with Crippen LogP contribution in [0.25, 0.3) is 0 Å². The van der Waals surface area contributed by atoms with E-state index in [1.807, 2.05) is 37.3 Å². The van der Waals surface area contributed by atoms with E-state index in [2.05, 4.69) is 15.1 Å². The highest BCUT2D eigenvalue weighted by Gasteiger charge is 2.23. The van der Waals surface area contributed by atoms with Crippen molar-refractivity contribution in [1.82, 2.24) is 15.1 Å². The van der Waals surface area contributed by atoms with Crippen LogP contribution in [0, 0.1) is 6.92 Å². The molecule has 0 radical (unpaired) electrons. The average Bonchev–Trinajstić information content (AvgIpc) is 2.57. The lowest BCUT2D eigenvalue weighted by molar-refractivity contribution is 0.149. The fourth-order valence-electron chi connectivity index (χ4n) is 2.33. The maximum Gasteiger partial charge on any atom is 0.415 e. The summed E-state index contributed by atoms with van der Waals surface area (Å²) in [5.74, 6) is 1.42. The minimum atomic E-state index is -0.305. The lowest BCUT2D eigenvalue weighted by Gasteiger charge is -2.34. The van der Waals surface area contributed by atoms with Crippen molar-refractivity contribution in [2.75, 3.05) is 31.1 Å². The number of benzene rings is 1. The van der Waals surface area contributed by atoms with E-state index in [-0.39, 0.29) is 6.09 Å². The number of amides is 1.